The number of nitrogens with zero attached hydrogens (tertiary/aromatic N) is 1. The minimum absolute atomic E-state index is 0.0331. The second-order valence-electron chi connectivity index (χ2n) is 4.26. The fourth-order valence-electron chi connectivity index (χ4n) is 1.92. The van der Waals surface area contributed by atoms with Gasteiger partial charge in [-0.05, 0) is 25.0 Å². The van der Waals surface area contributed by atoms with Crippen molar-refractivity contribution >= 4 is 23.2 Å². The van der Waals surface area contributed by atoms with Crippen LogP contribution in [0.4, 0.5) is 14.5 Å². The zero-order chi connectivity index (χ0) is 12.6. The summed E-state index contributed by atoms with van der Waals surface area (Å²) < 4.78 is 26.8. The lowest BCUT2D eigenvalue weighted by atomic mass is 10.1. The molecule has 5 heteroatoms. The van der Waals surface area contributed by atoms with E-state index in [2.05, 4.69) is 0 Å². The number of hydrogen-bond donors (Lipinski definition) is 0. The molecular weight excluding hydrogens is 248 g/mol. The van der Waals surface area contributed by atoms with Crippen LogP contribution in [0.1, 0.15) is 12.0 Å². The molecule has 2 nitrogen and oxygen atoms in total. The van der Waals surface area contributed by atoms with Crippen LogP contribution in [0, 0.1) is 24.5 Å². The van der Waals surface area contributed by atoms with Gasteiger partial charge < -0.3 is 4.90 Å². The van der Waals surface area contributed by atoms with Gasteiger partial charge >= 0.3 is 0 Å². The van der Waals surface area contributed by atoms with E-state index < -0.39 is 11.6 Å². The lowest BCUT2D eigenvalue weighted by Crippen LogP contribution is -2.25. The minimum atomic E-state index is -0.637. The second-order valence-corrected chi connectivity index (χ2v) is 4.57. The van der Waals surface area contributed by atoms with Crippen molar-refractivity contribution in [3.63, 3.8) is 0 Å². The normalized spacial score (nSPS) is 20.1. The molecule has 0 aliphatic carbocycles. The van der Waals surface area contributed by atoms with Gasteiger partial charge in [0.05, 0.1) is 0 Å². The van der Waals surface area contributed by atoms with Gasteiger partial charge in [-0.15, -0.1) is 11.6 Å². The summed E-state index contributed by atoms with van der Waals surface area (Å²) >= 11 is 5.69. The molecule has 0 N–H and O–H groups in total. The number of hydrogen-bond acceptors (Lipinski definition) is 1. The summed E-state index contributed by atoms with van der Waals surface area (Å²) in [7, 11) is 0. The van der Waals surface area contributed by atoms with Crippen LogP contribution < -0.4 is 4.90 Å². The number of amides is 1. The van der Waals surface area contributed by atoms with E-state index >= 15 is 0 Å². The molecule has 1 aliphatic rings. The molecule has 1 aliphatic heterocycles. The first kappa shape index (κ1) is 12.3. The molecule has 1 atom stereocenters. The Labute approximate surface area is 103 Å². The van der Waals surface area contributed by atoms with Gasteiger partial charge in [0, 0.05) is 30.1 Å². The predicted molar refractivity (Wildman–Crippen MR) is 62.3 cm³/mol. The van der Waals surface area contributed by atoms with Gasteiger partial charge in [0.25, 0.3) is 0 Å². The highest BCUT2D eigenvalue weighted by molar-refractivity contribution is 6.18. The first-order valence-corrected chi connectivity index (χ1v) is 5.88. The Balaban J connectivity index is 2.32. The van der Waals surface area contributed by atoms with Crippen LogP contribution in [0.5, 0.6) is 0 Å². The molecule has 1 amide bonds. The van der Waals surface area contributed by atoms with E-state index in [1.807, 2.05) is 0 Å². The summed E-state index contributed by atoms with van der Waals surface area (Å²) in [6.07, 6.45) is 0.334. The Morgan fingerprint density at radius 1 is 1.41 bits per heavy atom. The minimum Gasteiger partial charge on any atom is -0.312 e. The third-order valence-electron chi connectivity index (χ3n) is 3.00. The number of carbonyl (C=O) groups is 1. The zero-order valence-corrected chi connectivity index (χ0v) is 10.1. The Hall–Kier alpha value is -1.16. The monoisotopic (exact) mass is 259 g/mol. The first-order valence-electron chi connectivity index (χ1n) is 5.35. The number of benzene rings is 1. The summed E-state index contributed by atoms with van der Waals surface area (Å²) in [5.41, 5.74) is 0.234. The fourth-order valence-corrected chi connectivity index (χ4v) is 2.13. The highest BCUT2D eigenvalue weighted by Gasteiger charge is 2.30. The number of rotatable bonds is 2. The van der Waals surface area contributed by atoms with Crippen LogP contribution >= 0.6 is 11.6 Å². The standard InChI is InChI=1S/C12H12ClF2NO/c1-7-10(14)3-9(4-11(7)15)16-6-8(5-13)2-12(16)17/h3-4,8H,2,5-6H2,1H3. The number of alkyl halides is 1. The number of halogens is 3. The van der Waals surface area contributed by atoms with Crippen LogP contribution in [0.2, 0.25) is 0 Å². The van der Waals surface area contributed by atoms with Gasteiger partial charge in [0.1, 0.15) is 11.6 Å². The van der Waals surface area contributed by atoms with E-state index in [1.54, 1.807) is 0 Å². The quantitative estimate of drug-likeness (QED) is 0.748. The van der Waals surface area contributed by atoms with Crippen molar-refractivity contribution in [1.29, 1.82) is 0 Å². The molecular formula is C12H12ClF2NO. The van der Waals surface area contributed by atoms with Crippen LogP contribution in [0.15, 0.2) is 12.1 Å². The molecule has 1 fully saturated rings. The molecule has 1 saturated heterocycles. The summed E-state index contributed by atoms with van der Waals surface area (Å²) in [5.74, 6) is -0.988. The first-order chi connectivity index (χ1) is 8.02. The van der Waals surface area contributed by atoms with Crippen molar-refractivity contribution in [3.05, 3.63) is 29.3 Å². The molecule has 0 aromatic heterocycles. The molecule has 1 heterocycles. The lowest BCUT2D eigenvalue weighted by molar-refractivity contribution is -0.117. The van der Waals surface area contributed by atoms with E-state index in [0.717, 1.165) is 0 Å². The molecule has 0 bridgehead atoms. The maximum absolute atomic E-state index is 13.4. The van der Waals surface area contributed by atoms with Gasteiger partial charge in [0.15, 0.2) is 0 Å². The van der Waals surface area contributed by atoms with Crippen LogP contribution in [0.25, 0.3) is 0 Å². The van der Waals surface area contributed by atoms with E-state index in [4.69, 9.17) is 11.6 Å². The Bertz CT molecular complexity index is 441. The maximum Gasteiger partial charge on any atom is 0.227 e. The Morgan fingerprint density at radius 2 is 2.00 bits per heavy atom. The number of carbonyl (C=O) groups excluding carboxylic acids is 1. The average Bonchev–Trinajstić information content (AvgIpc) is 2.67. The third-order valence-corrected chi connectivity index (χ3v) is 3.44. The van der Waals surface area contributed by atoms with Gasteiger partial charge in [-0.25, -0.2) is 8.78 Å². The molecule has 2 rings (SSSR count). The van der Waals surface area contributed by atoms with Crippen molar-refractivity contribution < 1.29 is 13.6 Å². The molecule has 1 aromatic carbocycles. The molecule has 17 heavy (non-hydrogen) atoms. The SMILES string of the molecule is Cc1c(F)cc(N2CC(CCl)CC2=O)cc1F. The number of anilines is 1. The van der Waals surface area contributed by atoms with E-state index in [0.29, 0.717) is 18.8 Å². The van der Waals surface area contributed by atoms with Crippen molar-refractivity contribution in [3.8, 4) is 0 Å². The summed E-state index contributed by atoms with van der Waals surface area (Å²) in [6.45, 7) is 1.78. The van der Waals surface area contributed by atoms with Crippen molar-refractivity contribution in [2.75, 3.05) is 17.3 Å². The van der Waals surface area contributed by atoms with Crippen LogP contribution in [-0.4, -0.2) is 18.3 Å². The summed E-state index contributed by atoms with van der Waals surface area (Å²) in [5, 5.41) is 0. The van der Waals surface area contributed by atoms with Crippen molar-refractivity contribution in [1.82, 2.24) is 0 Å². The Kier molecular flexibility index (Phi) is 3.33. The second kappa shape index (κ2) is 4.61. The van der Waals surface area contributed by atoms with E-state index in [-0.39, 0.29) is 23.1 Å². The van der Waals surface area contributed by atoms with Crippen molar-refractivity contribution in [2.45, 2.75) is 13.3 Å². The average molecular weight is 260 g/mol. The molecule has 1 aromatic rings. The largest absolute Gasteiger partial charge is 0.312 e. The van der Waals surface area contributed by atoms with Gasteiger partial charge in [0.2, 0.25) is 5.91 Å². The highest BCUT2D eigenvalue weighted by Crippen LogP contribution is 2.28. The molecule has 1 unspecified atom stereocenters. The fraction of sp³-hybridized carbons (Fsp3) is 0.417. The zero-order valence-electron chi connectivity index (χ0n) is 9.34. The summed E-state index contributed by atoms with van der Waals surface area (Å²) in [4.78, 5) is 13.1. The van der Waals surface area contributed by atoms with Crippen LogP contribution in [0.3, 0.4) is 0 Å². The molecule has 0 saturated carbocycles. The predicted octanol–water partition coefficient (Wildman–Crippen LogP) is 2.86. The Morgan fingerprint density at radius 3 is 2.47 bits per heavy atom. The van der Waals surface area contributed by atoms with Crippen molar-refractivity contribution in [2.24, 2.45) is 5.92 Å². The van der Waals surface area contributed by atoms with Gasteiger partial charge in [-0.2, -0.15) is 0 Å². The molecule has 0 spiro atoms. The lowest BCUT2D eigenvalue weighted by Gasteiger charge is -2.17. The highest BCUT2D eigenvalue weighted by atomic mass is 35.5. The summed E-state index contributed by atoms with van der Waals surface area (Å²) in [6, 6.07) is 2.37. The van der Waals surface area contributed by atoms with E-state index in [9.17, 15) is 13.6 Å². The topological polar surface area (TPSA) is 20.3 Å². The smallest absolute Gasteiger partial charge is 0.227 e. The van der Waals surface area contributed by atoms with Gasteiger partial charge in [-0.3, -0.25) is 4.79 Å². The van der Waals surface area contributed by atoms with E-state index in [1.165, 1.54) is 24.0 Å². The van der Waals surface area contributed by atoms with Gasteiger partial charge in [-0.1, -0.05) is 0 Å². The molecule has 0 radical (unpaired) electrons. The maximum atomic E-state index is 13.4. The molecule has 92 valence electrons. The van der Waals surface area contributed by atoms with Crippen LogP contribution in [-0.2, 0) is 4.79 Å². The third kappa shape index (κ3) is 2.27.